The van der Waals surface area contributed by atoms with Crippen LogP contribution >= 0.6 is 0 Å². The van der Waals surface area contributed by atoms with E-state index in [1.807, 2.05) is 0 Å². The Morgan fingerprint density at radius 2 is 0.439 bits per heavy atom. The summed E-state index contributed by atoms with van der Waals surface area (Å²) >= 11 is 0. The summed E-state index contributed by atoms with van der Waals surface area (Å²) in [6, 6.07) is 0. The van der Waals surface area contributed by atoms with Crippen molar-refractivity contribution in [3.63, 3.8) is 0 Å². The van der Waals surface area contributed by atoms with Crippen LogP contribution in [0.5, 0.6) is 0 Å². The van der Waals surface area contributed by atoms with Crippen LogP contribution in [-0.2, 0) is 23.7 Å². The summed E-state index contributed by atoms with van der Waals surface area (Å²) in [5.74, 6) is -45.6. The van der Waals surface area contributed by atoms with E-state index >= 15 is 0 Å². The second-order valence-corrected chi connectivity index (χ2v) is 9.41. The van der Waals surface area contributed by atoms with Crippen LogP contribution in [0.1, 0.15) is 0 Å². The number of halogens is 35. The van der Waals surface area contributed by atoms with Crippen LogP contribution in [0.4, 0.5) is 154 Å². The van der Waals surface area contributed by atoms with Crippen LogP contribution < -0.4 is 0 Å². The smallest absolute Gasteiger partial charge is 0.272 e. The van der Waals surface area contributed by atoms with Crippen molar-refractivity contribution in [3.05, 3.63) is 0 Å². The van der Waals surface area contributed by atoms with Crippen molar-refractivity contribution in [2.45, 2.75) is 103 Å². The maximum Gasteiger partial charge on any atom is 0.462 e. The van der Waals surface area contributed by atoms with E-state index in [-0.39, 0.29) is 0 Å². The molecule has 0 heterocycles. The highest BCUT2D eigenvalue weighted by Crippen LogP contribution is 2.62. The molecule has 0 bridgehead atoms. The van der Waals surface area contributed by atoms with E-state index in [4.69, 9.17) is 0 Å². The third-order valence-electron chi connectivity index (χ3n) is 5.26. The maximum absolute atomic E-state index is 14.5. The Labute approximate surface area is 282 Å². The molecule has 0 spiro atoms. The molecule has 0 unspecified atom stereocenters. The van der Waals surface area contributed by atoms with E-state index in [1.165, 1.54) is 4.74 Å². The predicted octanol–water partition coefficient (Wildman–Crippen LogP) is 11.0. The lowest BCUT2D eigenvalue weighted by Crippen LogP contribution is -2.72. The Morgan fingerprint density at radius 1 is 0.246 bits per heavy atom. The largest absolute Gasteiger partial charge is 0.462 e. The van der Waals surface area contributed by atoms with E-state index in [0.717, 1.165) is 9.47 Å². The first-order chi connectivity index (χ1) is 24.0. The fourth-order valence-corrected chi connectivity index (χ4v) is 2.53. The van der Waals surface area contributed by atoms with Gasteiger partial charge in [-0.1, -0.05) is 0 Å². The number of rotatable bonds is 15. The Bertz CT molecular complexity index is 1380. The molecule has 0 aromatic heterocycles. The Kier molecular flexibility index (Phi) is 13.6. The van der Waals surface area contributed by atoms with Gasteiger partial charge in [0.2, 0.25) is 0 Å². The van der Waals surface area contributed by atoms with Gasteiger partial charge in [-0.2, -0.15) is 149 Å². The number of alkyl halides is 35. The zero-order chi connectivity index (χ0) is 47.1. The van der Waals surface area contributed by atoms with Gasteiger partial charge in [0.15, 0.2) is 0 Å². The molecular weight excluding hydrogens is 949 g/mol. The third kappa shape index (κ3) is 9.40. The molecular formula is C17HF35O5. The summed E-state index contributed by atoms with van der Waals surface area (Å²) in [5, 5.41) is 0. The molecule has 0 aromatic rings. The minimum atomic E-state index is -9.53. The zero-order valence-corrected chi connectivity index (χ0v) is 23.8. The van der Waals surface area contributed by atoms with E-state index in [0.29, 0.717) is 9.47 Å². The summed E-state index contributed by atoms with van der Waals surface area (Å²) in [4.78, 5) is 0. The van der Waals surface area contributed by atoms with Crippen molar-refractivity contribution in [2.75, 3.05) is 0 Å². The van der Waals surface area contributed by atoms with Crippen LogP contribution in [0, 0.1) is 0 Å². The van der Waals surface area contributed by atoms with Crippen molar-refractivity contribution in [3.8, 4) is 0 Å². The normalized spacial score (nSPS) is 20.7. The highest BCUT2D eigenvalue weighted by Gasteiger charge is 2.91. The Hall–Kier alpha value is -2.65. The molecule has 40 heteroatoms. The van der Waals surface area contributed by atoms with Gasteiger partial charge in [-0.05, 0) is 0 Å². The fourth-order valence-electron chi connectivity index (χ4n) is 2.53. The minimum Gasteiger partial charge on any atom is -0.272 e. The van der Waals surface area contributed by atoms with Crippen LogP contribution in [-0.4, -0.2) is 103 Å². The van der Waals surface area contributed by atoms with E-state index in [2.05, 4.69) is 0 Å². The van der Waals surface area contributed by atoms with Gasteiger partial charge in [-0.3, -0.25) is 23.7 Å². The van der Waals surface area contributed by atoms with Gasteiger partial charge in [0.05, 0.1) is 0 Å². The molecule has 0 fully saturated rings. The first kappa shape index (κ1) is 54.3. The molecule has 0 N–H and O–H groups in total. The first-order valence-electron chi connectivity index (χ1n) is 11.5. The molecule has 344 valence electrons. The monoisotopic (exact) mass is 950 g/mol. The lowest BCUT2D eigenvalue weighted by atomic mass is 10.2. The van der Waals surface area contributed by atoms with Crippen LogP contribution in [0.25, 0.3) is 0 Å². The first-order valence-corrected chi connectivity index (χ1v) is 11.5. The molecule has 57 heavy (non-hydrogen) atoms. The quantitative estimate of drug-likeness (QED) is 0.153. The molecule has 0 aliphatic carbocycles. The molecule has 0 aliphatic rings. The summed E-state index contributed by atoms with van der Waals surface area (Å²) in [7, 11) is 0. The highest BCUT2D eigenvalue weighted by molar-refractivity contribution is 5.00. The van der Waals surface area contributed by atoms with Crippen LogP contribution in [0.3, 0.4) is 0 Å². The summed E-state index contributed by atoms with van der Waals surface area (Å²) in [5.41, 5.74) is 0. The van der Waals surface area contributed by atoms with Gasteiger partial charge < -0.3 is 0 Å². The van der Waals surface area contributed by atoms with Gasteiger partial charge >= 0.3 is 96.9 Å². The van der Waals surface area contributed by atoms with E-state index < -0.39 is 103 Å². The van der Waals surface area contributed by atoms with Gasteiger partial charge in [-0.25, -0.2) is 4.39 Å². The van der Waals surface area contributed by atoms with Gasteiger partial charge in [-0.15, -0.1) is 0 Å². The Balaban J connectivity index is 7.87. The second-order valence-electron chi connectivity index (χ2n) is 9.41. The van der Waals surface area contributed by atoms with Crippen molar-refractivity contribution in [2.24, 2.45) is 0 Å². The molecule has 0 saturated carbocycles. The van der Waals surface area contributed by atoms with E-state index in [9.17, 15) is 154 Å². The maximum atomic E-state index is 14.5. The van der Waals surface area contributed by atoms with Crippen LogP contribution in [0.15, 0.2) is 0 Å². The van der Waals surface area contributed by atoms with Gasteiger partial charge in [0, 0.05) is 0 Å². The zero-order valence-electron chi connectivity index (χ0n) is 23.8. The summed E-state index contributed by atoms with van der Waals surface area (Å²) < 4.78 is 467. The fraction of sp³-hybridized carbons (Fsp3) is 1.00. The second kappa shape index (κ2) is 14.2. The molecule has 0 amide bonds. The molecule has 5 nitrogen and oxygen atoms in total. The number of hydrogen-bond donors (Lipinski definition) is 0. The summed E-state index contributed by atoms with van der Waals surface area (Å²) in [6.45, 7) is 0. The third-order valence-corrected chi connectivity index (χ3v) is 5.26. The number of hydrogen-bond acceptors (Lipinski definition) is 5. The Morgan fingerprint density at radius 3 is 0.614 bits per heavy atom. The standard InChI is InChI=1S/C17HF35O5/c18-1(2(19,20)21)53-14(45,46)4(24,9(31,32)33)55-16(49,50)6(26,11(37,38)39)57-17(51,52)7(27,12(40,41)42)56-15(47,48)5(25,10(34,35)36)54-13(43,44)3(22,23)8(28,29)30/h1H/t1-,4-,5-,6-,7+/m1/s1. The van der Waals surface area contributed by atoms with Crippen molar-refractivity contribution in [1.29, 1.82) is 0 Å². The average Bonchev–Trinajstić information content (AvgIpc) is 2.87. The predicted molar refractivity (Wildman–Crippen MR) is 91.7 cm³/mol. The van der Waals surface area contributed by atoms with Crippen molar-refractivity contribution in [1.82, 2.24) is 0 Å². The van der Waals surface area contributed by atoms with Crippen molar-refractivity contribution < 1.29 is 177 Å². The number of ether oxygens (including phenoxy) is 5. The molecule has 0 aromatic carbocycles. The summed E-state index contributed by atoms with van der Waals surface area (Å²) in [6.07, 6.45) is -103. The van der Waals surface area contributed by atoms with Crippen LogP contribution in [0.2, 0.25) is 0 Å². The minimum absolute atomic E-state index is 0.705. The average molecular weight is 950 g/mol. The molecule has 0 radical (unpaired) electrons. The SMILES string of the molecule is F[C@H](OC(F)(F)[C@](F)(OC(F)(F)[C@](F)(OC(F)(F)[C@@](F)(OC(F)(F)[C@](F)(OC(F)(F)C(F)(F)C(F)(F)F)C(F)(F)F)C(F)(F)F)C(F)(F)F)C(F)(F)F)C(F)(F)F. The lowest BCUT2D eigenvalue weighted by molar-refractivity contribution is -0.599. The van der Waals surface area contributed by atoms with Gasteiger partial charge in [0.25, 0.3) is 6.36 Å². The van der Waals surface area contributed by atoms with Gasteiger partial charge in [0.1, 0.15) is 0 Å². The highest BCUT2D eigenvalue weighted by atomic mass is 19.5. The molecule has 0 rings (SSSR count). The van der Waals surface area contributed by atoms with Crippen molar-refractivity contribution >= 4 is 0 Å². The van der Waals surface area contributed by atoms with E-state index in [1.54, 1.807) is 0 Å². The molecule has 0 saturated heterocycles. The topological polar surface area (TPSA) is 46.2 Å². The molecule has 0 aliphatic heterocycles. The molecule has 5 atom stereocenters. The lowest BCUT2D eigenvalue weighted by Gasteiger charge is -2.44.